The van der Waals surface area contributed by atoms with E-state index in [0.717, 1.165) is 6.07 Å². The van der Waals surface area contributed by atoms with E-state index in [1.807, 2.05) is 0 Å². The van der Waals surface area contributed by atoms with Crippen molar-refractivity contribution in [3.63, 3.8) is 0 Å². The molecule has 0 saturated heterocycles. The quantitative estimate of drug-likeness (QED) is 0.586. The van der Waals surface area contributed by atoms with Crippen LogP contribution in [0.15, 0.2) is 10.9 Å². The molecule has 0 atom stereocenters. The van der Waals surface area contributed by atoms with Crippen LogP contribution in [0.5, 0.6) is 5.75 Å². The van der Waals surface area contributed by atoms with Crippen LogP contribution < -0.4 is 11.3 Å². The van der Waals surface area contributed by atoms with Gasteiger partial charge in [-0.2, -0.15) is 0 Å². The average Bonchev–Trinajstić information content (AvgIpc) is 1.96. The van der Waals surface area contributed by atoms with Crippen LogP contribution in [0.25, 0.3) is 0 Å². The minimum absolute atomic E-state index is 0.295. The van der Waals surface area contributed by atoms with Crippen molar-refractivity contribution < 1.29 is 13.9 Å². The van der Waals surface area contributed by atoms with Gasteiger partial charge in [0.2, 0.25) is 0 Å². The van der Waals surface area contributed by atoms with E-state index in [9.17, 15) is 13.6 Å². The van der Waals surface area contributed by atoms with E-state index in [2.05, 4.69) is 0 Å². The average molecular weight is 176 g/mol. The number of nitrogen functional groups attached to an aromatic ring is 1. The van der Waals surface area contributed by atoms with Gasteiger partial charge in [-0.25, -0.2) is 8.78 Å². The van der Waals surface area contributed by atoms with Crippen LogP contribution in [0, 0.1) is 0 Å². The summed E-state index contributed by atoms with van der Waals surface area (Å²) in [6, 6.07) is 0.792. The zero-order valence-corrected chi connectivity index (χ0v) is 5.84. The second-order valence-electron chi connectivity index (χ2n) is 2.15. The van der Waals surface area contributed by atoms with Gasteiger partial charge in [-0.3, -0.25) is 4.79 Å². The number of aromatic hydroxyl groups is 1. The number of aromatic nitrogens is 1. The zero-order chi connectivity index (χ0) is 9.30. The molecular weight excluding hydrogens is 170 g/mol. The lowest BCUT2D eigenvalue weighted by atomic mass is 10.3. The van der Waals surface area contributed by atoms with Gasteiger partial charge in [-0.1, -0.05) is 0 Å². The molecule has 1 heterocycles. The highest BCUT2D eigenvalue weighted by Gasteiger charge is 2.14. The molecule has 0 radical (unpaired) electrons. The van der Waals surface area contributed by atoms with Gasteiger partial charge < -0.3 is 15.8 Å². The molecule has 0 aliphatic carbocycles. The molecule has 1 aromatic heterocycles. The molecule has 0 aliphatic heterocycles. The third kappa shape index (κ3) is 1.36. The molecule has 0 spiro atoms. The van der Waals surface area contributed by atoms with Gasteiger partial charge in [0.1, 0.15) is 17.1 Å². The van der Waals surface area contributed by atoms with E-state index in [0.29, 0.717) is 0 Å². The van der Waals surface area contributed by atoms with Crippen LogP contribution in [0.1, 0.15) is 12.1 Å². The number of nitrogens with two attached hydrogens (primary N) is 1. The number of halogens is 2. The van der Waals surface area contributed by atoms with Crippen LogP contribution in [0.2, 0.25) is 0 Å². The van der Waals surface area contributed by atoms with E-state index in [-0.39, 0.29) is 5.69 Å². The van der Waals surface area contributed by atoms with Crippen molar-refractivity contribution in [3.05, 3.63) is 22.1 Å². The fraction of sp³-hybridized carbons (Fsp3) is 0.167. The van der Waals surface area contributed by atoms with Crippen LogP contribution in [0.4, 0.5) is 14.5 Å². The molecule has 0 amide bonds. The SMILES string of the molecule is Nc1cc(O)c(C(F)F)[nH]c1=O. The Morgan fingerprint density at radius 2 is 2.17 bits per heavy atom. The molecule has 0 unspecified atom stereocenters. The molecule has 4 N–H and O–H groups in total. The van der Waals surface area contributed by atoms with Crippen LogP contribution in [-0.2, 0) is 0 Å². The van der Waals surface area contributed by atoms with Gasteiger partial charge in [0.05, 0.1) is 0 Å². The molecule has 4 nitrogen and oxygen atoms in total. The summed E-state index contributed by atoms with van der Waals surface area (Å²) in [5.41, 5.74) is 3.11. The minimum Gasteiger partial charge on any atom is -0.506 e. The highest BCUT2D eigenvalue weighted by atomic mass is 19.3. The van der Waals surface area contributed by atoms with Gasteiger partial charge in [-0.15, -0.1) is 0 Å². The smallest absolute Gasteiger partial charge is 0.281 e. The van der Waals surface area contributed by atoms with E-state index in [1.165, 1.54) is 0 Å². The van der Waals surface area contributed by atoms with E-state index >= 15 is 0 Å². The number of pyridine rings is 1. The topological polar surface area (TPSA) is 79.1 Å². The Bertz CT molecular complexity index is 348. The first kappa shape index (κ1) is 8.51. The number of hydrogen-bond acceptors (Lipinski definition) is 3. The third-order valence-corrected chi connectivity index (χ3v) is 1.30. The Hall–Kier alpha value is -1.59. The maximum absolute atomic E-state index is 12.0. The highest BCUT2D eigenvalue weighted by molar-refractivity contribution is 5.43. The minimum atomic E-state index is -2.92. The van der Waals surface area contributed by atoms with Crippen molar-refractivity contribution in [3.8, 4) is 5.75 Å². The fourth-order valence-corrected chi connectivity index (χ4v) is 0.715. The van der Waals surface area contributed by atoms with E-state index < -0.39 is 23.4 Å². The molecule has 0 fully saturated rings. The lowest BCUT2D eigenvalue weighted by molar-refractivity contribution is 0.141. The summed E-state index contributed by atoms with van der Waals surface area (Å²) in [5.74, 6) is -0.706. The zero-order valence-electron chi connectivity index (χ0n) is 5.84. The first-order valence-corrected chi connectivity index (χ1v) is 3.02. The summed E-state index contributed by atoms with van der Waals surface area (Å²) in [5, 5.41) is 8.86. The van der Waals surface area contributed by atoms with Gasteiger partial charge in [0.25, 0.3) is 12.0 Å². The number of aromatic amines is 1. The number of alkyl halides is 2. The Kier molecular flexibility index (Phi) is 1.99. The van der Waals surface area contributed by atoms with Crippen molar-refractivity contribution in [1.82, 2.24) is 4.98 Å². The predicted octanol–water partition coefficient (Wildman–Crippen LogP) is 0.600. The molecule has 66 valence electrons. The summed E-state index contributed by atoms with van der Waals surface area (Å²) >= 11 is 0. The summed E-state index contributed by atoms with van der Waals surface area (Å²) in [6.45, 7) is 0. The first-order chi connectivity index (χ1) is 5.52. The van der Waals surface area contributed by atoms with Crippen molar-refractivity contribution in [2.45, 2.75) is 6.43 Å². The van der Waals surface area contributed by atoms with Gasteiger partial charge in [-0.05, 0) is 0 Å². The predicted molar refractivity (Wildman–Crippen MR) is 38.1 cm³/mol. The third-order valence-electron chi connectivity index (χ3n) is 1.30. The van der Waals surface area contributed by atoms with Gasteiger partial charge in [0, 0.05) is 6.07 Å². The number of rotatable bonds is 1. The van der Waals surface area contributed by atoms with Gasteiger partial charge >= 0.3 is 0 Å². The molecule has 1 aromatic rings. The Morgan fingerprint density at radius 1 is 1.58 bits per heavy atom. The normalized spacial score (nSPS) is 10.6. The van der Waals surface area contributed by atoms with Crippen LogP contribution >= 0.6 is 0 Å². The molecule has 0 bridgehead atoms. The summed E-state index contributed by atoms with van der Waals surface area (Å²) in [4.78, 5) is 12.4. The maximum Gasteiger partial charge on any atom is 0.281 e. The van der Waals surface area contributed by atoms with E-state index in [1.54, 1.807) is 4.98 Å². The second-order valence-corrected chi connectivity index (χ2v) is 2.15. The second kappa shape index (κ2) is 2.80. The fourth-order valence-electron chi connectivity index (χ4n) is 0.715. The summed E-state index contributed by atoms with van der Waals surface area (Å²) in [7, 11) is 0. The lowest BCUT2D eigenvalue weighted by Crippen LogP contribution is -2.13. The van der Waals surface area contributed by atoms with Crippen molar-refractivity contribution in [2.75, 3.05) is 5.73 Å². The first-order valence-electron chi connectivity index (χ1n) is 3.02. The monoisotopic (exact) mass is 176 g/mol. The van der Waals surface area contributed by atoms with Crippen LogP contribution in [0.3, 0.4) is 0 Å². The van der Waals surface area contributed by atoms with Crippen molar-refractivity contribution in [2.24, 2.45) is 0 Å². The number of H-pyrrole nitrogens is 1. The number of anilines is 1. The van der Waals surface area contributed by atoms with Crippen molar-refractivity contribution >= 4 is 5.69 Å². The van der Waals surface area contributed by atoms with Gasteiger partial charge in [0.15, 0.2) is 0 Å². The number of nitrogens with one attached hydrogen (secondary N) is 1. The molecule has 0 aliphatic rings. The Morgan fingerprint density at radius 3 is 2.67 bits per heavy atom. The molecule has 6 heteroatoms. The molecule has 12 heavy (non-hydrogen) atoms. The molecule has 1 rings (SSSR count). The highest BCUT2D eigenvalue weighted by Crippen LogP contribution is 2.24. The van der Waals surface area contributed by atoms with Crippen molar-refractivity contribution in [1.29, 1.82) is 0 Å². The lowest BCUT2D eigenvalue weighted by Gasteiger charge is -2.02. The molecule has 0 saturated carbocycles. The molecular formula is C6H6F2N2O2. The molecule has 0 aromatic carbocycles. The standard InChI is InChI=1S/C6H6F2N2O2/c7-5(8)4-3(11)1-2(9)6(12)10-4/h1,5,11H,9H2,(H,10,12). The summed E-state index contributed by atoms with van der Waals surface area (Å²) in [6.07, 6.45) is -2.92. The largest absolute Gasteiger partial charge is 0.506 e. The maximum atomic E-state index is 12.0. The summed E-state index contributed by atoms with van der Waals surface area (Å²) < 4.78 is 23.9. The van der Waals surface area contributed by atoms with Crippen LogP contribution in [-0.4, -0.2) is 10.1 Å². The Balaban J connectivity index is 3.33. The Labute approximate surface area is 65.6 Å². The number of hydrogen-bond donors (Lipinski definition) is 3. The van der Waals surface area contributed by atoms with E-state index in [4.69, 9.17) is 10.8 Å².